The predicted octanol–water partition coefficient (Wildman–Crippen LogP) is 2.15. The average Bonchev–Trinajstić information content (AvgIpc) is 3.34. The molecule has 0 radical (unpaired) electrons. The number of carboxylic acid groups (broad SMARTS) is 1. The van der Waals surface area contributed by atoms with Gasteiger partial charge in [-0.3, -0.25) is 24.6 Å². The number of benzene rings is 2. The van der Waals surface area contributed by atoms with Crippen LogP contribution in [0.4, 0.5) is 21.0 Å². The van der Waals surface area contributed by atoms with Gasteiger partial charge in [0, 0.05) is 41.9 Å². The van der Waals surface area contributed by atoms with Gasteiger partial charge in [-0.25, -0.2) is 9.59 Å². The molecule has 3 aliphatic rings. The fourth-order valence-electron chi connectivity index (χ4n) is 5.04. The third-order valence-electron chi connectivity index (χ3n) is 7.34. The molecule has 2 aromatic rings. The topological polar surface area (TPSA) is 167 Å². The van der Waals surface area contributed by atoms with Crippen LogP contribution in [0.1, 0.15) is 28.8 Å². The van der Waals surface area contributed by atoms with E-state index < -0.39 is 41.6 Å². The van der Waals surface area contributed by atoms with Gasteiger partial charge in [0.1, 0.15) is 6.04 Å². The molecule has 4 N–H and O–H groups in total. The van der Waals surface area contributed by atoms with Crippen LogP contribution in [-0.2, 0) is 24.7 Å². The van der Waals surface area contributed by atoms with Crippen LogP contribution < -0.4 is 20.9 Å². The van der Waals surface area contributed by atoms with E-state index in [0.717, 1.165) is 4.90 Å². The van der Waals surface area contributed by atoms with Crippen molar-refractivity contribution in [1.29, 1.82) is 0 Å². The van der Waals surface area contributed by atoms with Crippen LogP contribution in [0.3, 0.4) is 0 Å². The lowest BCUT2D eigenvalue weighted by Crippen LogP contribution is -2.54. The van der Waals surface area contributed by atoms with Crippen LogP contribution in [0.15, 0.2) is 42.5 Å². The quantitative estimate of drug-likeness (QED) is 0.383. The molecule has 1 spiro atoms. The summed E-state index contributed by atoms with van der Waals surface area (Å²) in [5, 5.41) is 17.7. The van der Waals surface area contributed by atoms with E-state index in [2.05, 4.69) is 16.0 Å². The monoisotopic (exact) mass is 585 g/mol. The molecule has 0 aliphatic carbocycles. The second kappa shape index (κ2) is 11.3. The van der Waals surface area contributed by atoms with Gasteiger partial charge in [0.2, 0.25) is 11.8 Å². The third kappa shape index (κ3) is 5.91. The van der Waals surface area contributed by atoms with Crippen LogP contribution in [-0.4, -0.2) is 85.3 Å². The molecular formula is C27H28ClN5O8. The first-order valence-corrected chi connectivity index (χ1v) is 13.3. The molecule has 2 atom stereocenters. The number of ether oxygens (including phenoxy) is 2. The Kier molecular flexibility index (Phi) is 7.74. The highest BCUT2D eigenvalue weighted by atomic mass is 35.5. The summed E-state index contributed by atoms with van der Waals surface area (Å²) in [7, 11) is 1.37. The first kappa shape index (κ1) is 28.2. The van der Waals surface area contributed by atoms with Gasteiger partial charge >= 0.3 is 12.2 Å². The van der Waals surface area contributed by atoms with Crippen molar-refractivity contribution in [2.24, 2.45) is 0 Å². The van der Waals surface area contributed by atoms with Gasteiger partial charge in [0.25, 0.3) is 5.91 Å². The number of halogens is 1. The molecule has 2 fully saturated rings. The summed E-state index contributed by atoms with van der Waals surface area (Å²) in [5.74, 6) is -1.57. The van der Waals surface area contributed by atoms with E-state index in [1.807, 2.05) is 0 Å². The van der Waals surface area contributed by atoms with Crippen molar-refractivity contribution in [3.63, 3.8) is 0 Å². The summed E-state index contributed by atoms with van der Waals surface area (Å²) in [6, 6.07) is 9.37. The summed E-state index contributed by atoms with van der Waals surface area (Å²) in [6.45, 7) is 0.944. The number of hydrogen-bond acceptors (Lipinski definition) is 7. The van der Waals surface area contributed by atoms with Crippen molar-refractivity contribution in [3.05, 3.63) is 58.6 Å². The second-order valence-corrected chi connectivity index (χ2v) is 10.6. The highest BCUT2D eigenvalue weighted by Crippen LogP contribution is 2.43. The Hall–Kier alpha value is -4.36. The zero-order chi connectivity index (χ0) is 29.3. The minimum Gasteiger partial charge on any atom is -0.465 e. The van der Waals surface area contributed by atoms with Gasteiger partial charge in [-0.2, -0.15) is 0 Å². The standard InChI is InChI=1S/C27H28ClN5O8/c1-32(26(38)39)18-5-2-15(3-6-18)23(35)30-21(11-22(34)29-17-12-40-13-17)24(36)33-9-8-27(14-33)19-10-16(28)4-7-20(19)31-25(37)41-27/h2-7,10,17,21H,8-9,11-14H2,1H3,(H,29,34)(H,30,35)(H,31,37)(H,38,39)/t21-,27-/m0/s1. The number of nitrogens with zero attached hydrogens (tertiary/aromatic N) is 2. The summed E-state index contributed by atoms with van der Waals surface area (Å²) in [5.41, 5.74) is 0.554. The van der Waals surface area contributed by atoms with Gasteiger partial charge in [-0.15, -0.1) is 0 Å². The van der Waals surface area contributed by atoms with Gasteiger partial charge in [-0.05, 0) is 42.5 Å². The van der Waals surface area contributed by atoms with E-state index in [4.69, 9.17) is 26.2 Å². The molecule has 41 heavy (non-hydrogen) atoms. The Morgan fingerprint density at radius 1 is 1.20 bits per heavy atom. The van der Waals surface area contributed by atoms with E-state index in [9.17, 15) is 24.0 Å². The maximum absolute atomic E-state index is 13.8. The maximum atomic E-state index is 13.8. The Morgan fingerprint density at radius 2 is 1.93 bits per heavy atom. The number of amides is 5. The minimum atomic E-state index is -1.23. The summed E-state index contributed by atoms with van der Waals surface area (Å²) in [6.07, 6.45) is -1.85. The molecule has 0 saturated carbocycles. The maximum Gasteiger partial charge on any atom is 0.412 e. The first-order valence-electron chi connectivity index (χ1n) is 12.9. The molecule has 13 nitrogen and oxygen atoms in total. The molecule has 2 saturated heterocycles. The normalized spacial score (nSPS) is 20.2. The number of nitrogens with one attached hydrogen (secondary N) is 3. The number of carbonyl (C=O) groups excluding carboxylic acids is 4. The number of carbonyl (C=O) groups is 5. The Bertz CT molecular complexity index is 1400. The number of hydrogen-bond donors (Lipinski definition) is 4. The number of anilines is 2. The van der Waals surface area contributed by atoms with Crippen LogP contribution in [0, 0.1) is 0 Å². The fraction of sp³-hybridized carbons (Fsp3) is 0.370. The highest BCUT2D eigenvalue weighted by molar-refractivity contribution is 6.30. The average molecular weight is 586 g/mol. The lowest BCUT2D eigenvalue weighted by atomic mass is 9.90. The Labute approximate surface area is 239 Å². The lowest BCUT2D eigenvalue weighted by Gasteiger charge is -2.35. The predicted molar refractivity (Wildman–Crippen MR) is 146 cm³/mol. The summed E-state index contributed by atoms with van der Waals surface area (Å²) in [4.78, 5) is 65.7. The van der Waals surface area contributed by atoms with Crippen molar-refractivity contribution < 1.29 is 38.6 Å². The summed E-state index contributed by atoms with van der Waals surface area (Å²) < 4.78 is 10.8. The van der Waals surface area contributed by atoms with Gasteiger partial charge < -0.3 is 30.1 Å². The van der Waals surface area contributed by atoms with E-state index in [-0.39, 0.29) is 31.1 Å². The minimum absolute atomic E-state index is 0.00721. The molecule has 5 rings (SSSR count). The molecule has 14 heteroatoms. The van der Waals surface area contributed by atoms with Gasteiger partial charge in [0.05, 0.1) is 37.9 Å². The zero-order valence-corrected chi connectivity index (χ0v) is 22.8. The molecule has 3 heterocycles. The summed E-state index contributed by atoms with van der Waals surface area (Å²) >= 11 is 6.22. The Balaban J connectivity index is 1.34. The van der Waals surface area contributed by atoms with Crippen molar-refractivity contribution >= 4 is 52.9 Å². The van der Waals surface area contributed by atoms with Gasteiger partial charge in [0.15, 0.2) is 5.60 Å². The smallest absolute Gasteiger partial charge is 0.412 e. The van der Waals surface area contributed by atoms with Crippen molar-refractivity contribution in [2.75, 3.05) is 43.6 Å². The zero-order valence-electron chi connectivity index (χ0n) is 22.0. The van der Waals surface area contributed by atoms with Crippen LogP contribution in [0.5, 0.6) is 0 Å². The molecule has 216 valence electrons. The van der Waals surface area contributed by atoms with Crippen LogP contribution >= 0.6 is 11.6 Å². The highest BCUT2D eigenvalue weighted by Gasteiger charge is 2.49. The van der Waals surface area contributed by atoms with Gasteiger partial charge in [-0.1, -0.05) is 11.6 Å². The molecule has 0 bridgehead atoms. The van der Waals surface area contributed by atoms with Crippen molar-refractivity contribution in [3.8, 4) is 0 Å². The molecule has 3 aliphatic heterocycles. The number of rotatable bonds is 7. The molecule has 0 aromatic heterocycles. The fourth-order valence-corrected chi connectivity index (χ4v) is 5.22. The largest absolute Gasteiger partial charge is 0.465 e. The number of fused-ring (bicyclic) bond motifs is 2. The molecule has 2 aromatic carbocycles. The van der Waals surface area contributed by atoms with E-state index in [1.54, 1.807) is 18.2 Å². The number of likely N-dealkylation sites (tertiary alicyclic amines) is 1. The third-order valence-corrected chi connectivity index (χ3v) is 7.58. The van der Waals surface area contributed by atoms with E-state index >= 15 is 0 Å². The van der Waals surface area contributed by atoms with Crippen molar-refractivity contribution in [1.82, 2.24) is 15.5 Å². The SMILES string of the molecule is CN(C(=O)O)c1ccc(C(=O)N[C@@H](CC(=O)NC2COC2)C(=O)N2CC[C@@]3(C2)OC(=O)Nc2ccc(Cl)cc23)cc1. The van der Waals surface area contributed by atoms with Crippen LogP contribution in [0.25, 0.3) is 0 Å². The second-order valence-electron chi connectivity index (χ2n) is 10.1. The Morgan fingerprint density at radius 3 is 2.59 bits per heavy atom. The lowest BCUT2D eigenvalue weighted by molar-refractivity contribution is -0.136. The van der Waals surface area contributed by atoms with E-state index in [1.165, 1.54) is 36.2 Å². The molecular weight excluding hydrogens is 558 g/mol. The first-order chi connectivity index (χ1) is 19.5. The van der Waals surface area contributed by atoms with Crippen molar-refractivity contribution in [2.45, 2.75) is 30.5 Å². The molecule has 0 unspecified atom stereocenters. The molecule has 5 amide bonds. The van der Waals surface area contributed by atoms with Crippen LogP contribution in [0.2, 0.25) is 5.02 Å². The van der Waals surface area contributed by atoms with E-state index in [0.29, 0.717) is 41.6 Å².